The number of aliphatic hydroxyl groups is 6. The second-order valence-electron chi connectivity index (χ2n) is 11.6. The van der Waals surface area contributed by atoms with E-state index in [1.165, 1.54) is 29.2 Å². The zero-order valence-electron chi connectivity index (χ0n) is 24.9. The molecule has 0 amide bonds. The van der Waals surface area contributed by atoms with Crippen LogP contribution in [-0.2, 0) is 9.47 Å². The highest BCUT2D eigenvalue weighted by Gasteiger charge is 2.51. The fourth-order valence-electron chi connectivity index (χ4n) is 6.02. The van der Waals surface area contributed by atoms with Crippen LogP contribution in [0.25, 0.3) is 22.3 Å². The number of halogens is 6. The quantitative estimate of drug-likeness (QED) is 0.118. The predicted molar refractivity (Wildman–Crippen MR) is 158 cm³/mol. The third-order valence-electron chi connectivity index (χ3n) is 8.57. The molecule has 0 saturated carbocycles. The molecule has 49 heavy (non-hydrogen) atoms. The van der Waals surface area contributed by atoms with E-state index in [0.717, 1.165) is 35.1 Å². The molecule has 10 atom stereocenters. The molecule has 11 nitrogen and oxygen atoms in total. The lowest BCUT2D eigenvalue weighted by atomic mass is 9.97. The van der Waals surface area contributed by atoms with Crippen molar-refractivity contribution in [1.82, 2.24) is 14.3 Å². The van der Waals surface area contributed by atoms with Gasteiger partial charge < -0.3 is 44.7 Å². The summed E-state index contributed by atoms with van der Waals surface area (Å²) in [6.07, 6.45) is -3.87. The van der Waals surface area contributed by atoms with Crippen molar-refractivity contribution in [2.45, 2.75) is 59.6 Å². The van der Waals surface area contributed by atoms with E-state index in [0.29, 0.717) is 11.8 Å². The Kier molecular flexibility index (Phi) is 10.1. The van der Waals surface area contributed by atoms with E-state index in [2.05, 4.69) is 5.10 Å². The molecule has 0 radical (unpaired) electrons. The Morgan fingerprint density at radius 1 is 0.633 bits per heavy atom. The molecule has 18 heteroatoms. The van der Waals surface area contributed by atoms with Crippen molar-refractivity contribution in [3.63, 3.8) is 0 Å². The van der Waals surface area contributed by atoms with E-state index in [9.17, 15) is 57.0 Å². The molecule has 4 unspecified atom stereocenters. The summed E-state index contributed by atoms with van der Waals surface area (Å²) in [5.41, 5.74) is -2.54. The van der Waals surface area contributed by atoms with Gasteiger partial charge in [0.1, 0.15) is 53.5 Å². The lowest BCUT2D eigenvalue weighted by Crippen LogP contribution is -2.58. The van der Waals surface area contributed by atoms with Gasteiger partial charge in [0.15, 0.2) is 34.9 Å². The summed E-state index contributed by atoms with van der Waals surface area (Å²) in [7, 11) is 0. The van der Waals surface area contributed by atoms with Crippen molar-refractivity contribution in [2.75, 3.05) is 13.2 Å². The van der Waals surface area contributed by atoms with Crippen LogP contribution in [0.3, 0.4) is 0 Å². The van der Waals surface area contributed by atoms with E-state index in [-0.39, 0.29) is 22.3 Å². The zero-order chi connectivity index (χ0) is 35.3. The lowest BCUT2D eigenvalue weighted by Gasteiger charge is -2.46. The smallest absolute Gasteiger partial charge is 0.194 e. The molecule has 0 bridgehead atoms. The summed E-state index contributed by atoms with van der Waals surface area (Å²) < 4.78 is 96.4. The molecule has 2 aliphatic heterocycles. The highest BCUT2D eigenvalue weighted by atomic mass is 32.2. The Bertz CT molecular complexity index is 1640. The molecule has 264 valence electrons. The normalized spacial score (nSPS) is 30.5. The number of hydrogen-bond donors (Lipinski definition) is 6. The summed E-state index contributed by atoms with van der Waals surface area (Å²) in [5, 5.41) is 68.8. The van der Waals surface area contributed by atoms with Crippen molar-refractivity contribution in [3.05, 3.63) is 90.0 Å². The van der Waals surface area contributed by atoms with Crippen molar-refractivity contribution in [3.8, 4) is 22.3 Å². The topological polar surface area (TPSA) is 163 Å². The predicted octanol–water partition coefficient (Wildman–Crippen LogP) is 2.25. The molecular weight excluding hydrogens is 688 g/mol. The monoisotopic (exact) mass is 717 g/mol. The minimum absolute atomic E-state index is 0.0364. The number of hydrogen-bond acceptors (Lipinski definition) is 10. The third-order valence-corrected chi connectivity index (χ3v) is 9.88. The molecule has 6 rings (SSSR count). The van der Waals surface area contributed by atoms with Gasteiger partial charge in [0.05, 0.1) is 25.5 Å². The van der Waals surface area contributed by atoms with Crippen LogP contribution in [0.2, 0.25) is 0 Å². The first-order chi connectivity index (χ1) is 23.3. The molecule has 2 aromatic carbocycles. The summed E-state index contributed by atoms with van der Waals surface area (Å²) in [6, 6.07) is 1.83. The minimum Gasteiger partial charge on any atom is -0.394 e. The SMILES string of the molecule is OCC1O[C@@H](S[C@@H]2O[C@H](CO)C(O)C(n3cc(-c4cc(F)c(F)c(F)c4)cn3)[C@H]2O)C(O)[C@@H](n2ccc(-c3cc(F)c(F)c(F)c3)c2)[C@H]1O. The number of rotatable bonds is 8. The highest BCUT2D eigenvalue weighted by Crippen LogP contribution is 2.43. The Morgan fingerprint density at radius 2 is 1.10 bits per heavy atom. The van der Waals surface area contributed by atoms with E-state index in [1.54, 1.807) is 0 Å². The number of nitrogens with zero attached hydrogens (tertiary/aromatic N) is 3. The van der Waals surface area contributed by atoms with Crippen LogP contribution in [0.15, 0.2) is 55.1 Å². The Balaban J connectivity index is 1.26. The summed E-state index contributed by atoms with van der Waals surface area (Å²) in [5.74, 6) is -9.07. The standard InChI is InChI=1S/C31H29F6N3O8S/c32-16-3-13(4-17(33)22(16)36)12-1-2-39(8-12)24-26(43)20(10-41)47-30(28(24)45)49-31-29(46)25(27(44)21(11-42)48-31)40-9-15(7-38-40)14-5-18(34)23(37)19(35)6-14/h1-9,20-21,24-31,41-46H,10-11H2/t20?,21-,24+,25?,26+,27?,28?,29-,30+,31+/m1/s1. The maximum atomic E-state index is 13.9. The lowest BCUT2D eigenvalue weighted by molar-refractivity contribution is -0.187. The van der Waals surface area contributed by atoms with E-state index < -0.39 is 108 Å². The number of aromatic nitrogens is 3. The van der Waals surface area contributed by atoms with Crippen LogP contribution in [0.4, 0.5) is 26.3 Å². The van der Waals surface area contributed by atoms with Gasteiger partial charge in [-0.15, -0.1) is 0 Å². The largest absolute Gasteiger partial charge is 0.394 e. The Hall–Kier alpha value is -3.46. The Morgan fingerprint density at radius 3 is 1.61 bits per heavy atom. The first-order valence-electron chi connectivity index (χ1n) is 14.7. The minimum atomic E-state index is -1.67. The summed E-state index contributed by atoms with van der Waals surface area (Å²) in [4.78, 5) is 0. The first-order valence-corrected chi connectivity index (χ1v) is 15.7. The van der Waals surface area contributed by atoms with Crippen LogP contribution in [0, 0.1) is 34.9 Å². The van der Waals surface area contributed by atoms with E-state index >= 15 is 0 Å². The van der Waals surface area contributed by atoms with Gasteiger partial charge in [-0.25, -0.2) is 26.3 Å². The van der Waals surface area contributed by atoms with Crippen molar-refractivity contribution < 1.29 is 66.5 Å². The summed E-state index contributed by atoms with van der Waals surface area (Å²) in [6.45, 7) is -1.46. The summed E-state index contributed by atoms with van der Waals surface area (Å²) >= 11 is 0.689. The number of benzene rings is 2. The molecular formula is C31H29F6N3O8S. The fraction of sp³-hybridized carbons (Fsp3) is 0.387. The van der Waals surface area contributed by atoms with E-state index in [4.69, 9.17) is 9.47 Å². The van der Waals surface area contributed by atoms with Gasteiger partial charge in [-0.1, -0.05) is 11.8 Å². The first kappa shape index (κ1) is 35.4. The fourth-order valence-corrected chi connectivity index (χ4v) is 7.34. The average molecular weight is 718 g/mol. The Labute approximate surface area is 277 Å². The van der Waals surface area contributed by atoms with Crippen LogP contribution >= 0.6 is 11.8 Å². The van der Waals surface area contributed by atoms with Gasteiger partial charge in [-0.05, 0) is 47.0 Å². The van der Waals surface area contributed by atoms with Gasteiger partial charge in [0.25, 0.3) is 0 Å². The maximum Gasteiger partial charge on any atom is 0.194 e. The molecule has 2 saturated heterocycles. The maximum absolute atomic E-state index is 13.9. The molecule has 2 aromatic heterocycles. The number of thioether (sulfide) groups is 1. The molecule has 4 aromatic rings. The molecule has 0 aliphatic carbocycles. The number of ether oxygens (including phenoxy) is 2. The second-order valence-corrected chi connectivity index (χ2v) is 12.8. The zero-order valence-corrected chi connectivity index (χ0v) is 25.7. The van der Waals surface area contributed by atoms with Crippen LogP contribution in [-0.4, -0.2) is 106 Å². The van der Waals surface area contributed by atoms with Crippen molar-refractivity contribution >= 4 is 11.8 Å². The van der Waals surface area contributed by atoms with Crippen molar-refractivity contribution in [1.29, 1.82) is 0 Å². The van der Waals surface area contributed by atoms with Gasteiger partial charge in [0.2, 0.25) is 0 Å². The average Bonchev–Trinajstić information content (AvgIpc) is 3.76. The van der Waals surface area contributed by atoms with Gasteiger partial charge in [0, 0.05) is 24.2 Å². The molecule has 2 fully saturated rings. The highest BCUT2D eigenvalue weighted by molar-refractivity contribution is 8.00. The molecule has 4 heterocycles. The van der Waals surface area contributed by atoms with Gasteiger partial charge >= 0.3 is 0 Å². The molecule has 0 spiro atoms. The van der Waals surface area contributed by atoms with Gasteiger partial charge in [-0.3, -0.25) is 4.68 Å². The molecule has 2 aliphatic rings. The second kappa shape index (κ2) is 14.0. The number of aliphatic hydroxyl groups excluding tert-OH is 6. The van der Waals surface area contributed by atoms with Gasteiger partial charge in [-0.2, -0.15) is 5.10 Å². The van der Waals surface area contributed by atoms with Crippen LogP contribution in [0.5, 0.6) is 0 Å². The van der Waals surface area contributed by atoms with E-state index in [1.807, 2.05) is 0 Å². The van der Waals surface area contributed by atoms with Crippen LogP contribution in [0.1, 0.15) is 12.1 Å². The third kappa shape index (κ3) is 6.60. The van der Waals surface area contributed by atoms with Crippen molar-refractivity contribution in [2.24, 2.45) is 0 Å². The van der Waals surface area contributed by atoms with Crippen LogP contribution < -0.4 is 0 Å². The molecule has 6 N–H and O–H groups in total.